The minimum atomic E-state index is 1.17. The van der Waals surface area contributed by atoms with Gasteiger partial charge in [-0.05, 0) is 47.9 Å². The molecule has 2 rings (SSSR count). The van der Waals surface area contributed by atoms with Crippen LogP contribution in [0.25, 0.3) is 12.2 Å². The van der Waals surface area contributed by atoms with Crippen LogP contribution >= 0.6 is 0 Å². The van der Waals surface area contributed by atoms with Crippen LogP contribution in [0.1, 0.15) is 41.5 Å². The second-order valence-corrected chi connectivity index (χ2v) is 5.45. The molecule has 0 unspecified atom stereocenters. The molecule has 0 aliphatic carbocycles. The van der Waals surface area contributed by atoms with Crippen molar-refractivity contribution < 1.29 is 0 Å². The largest absolute Gasteiger partial charge is 0.0985 e. The van der Waals surface area contributed by atoms with Gasteiger partial charge in [0, 0.05) is 0 Å². The van der Waals surface area contributed by atoms with Crippen LogP contribution in [-0.4, -0.2) is 0 Å². The van der Waals surface area contributed by atoms with E-state index in [9.17, 15) is 0 Å². The van der Waals surface area contributed by atoms with Crippen LogP contribution in [0.4, 0.5) is 0 Å². The van der Waals surface area contributed by atoms with Crippen LogP contribution in [0.3, 0.4) is 0 Å². The highest BCUT2D eigenvalue weighted by atomic mass is 14.0. The van der Waals surface area contributed by atoms with Crippen molar-refractivity contribution >= 4 is 12.2 Å². The Morgan fingerprint density at radius 3 is 1.29 bits per heavy atom. The molecule has 0 aliphatic rings. The van der Waals surface area contributed by atoms with Crippen molar-refractivity contribution in [2.24, 2.45) is 0 Å². The number of unbranched alkanes of at least 4 members (excludes halogenated alkanes) is 2. The molecule has 108 valence electrons. The molecular formula is C21H24. The molecule has 0 amide bonds. The molecule has 0 atom stereocenters. The van der Waals surface area contributed by atoms with Crippen LogP contribution in [0.15, 0.2) is 61.7 Å². The van der Waals surface area contributed by atoms with Gasteiger partial charge in [0.25, 0.3) is 0 Å². The van der Waals surface area contributed by atoms with Gasteiger partial charge in [-0.1, -0.05) is 80.3 Å². The number of hydrogen-bond acceptors (Lipinski definition) is 0. The highest BCUT2D eigenvalue weighted by Crippen LogP contribution is 2.12. The zero-order valence-corrected chi connectivity index (χ0v) is 12.7. The van der Waals surface area contributed by atoms with Crippen molar-refractivity contribution in [3.63, 3.8) is 0 Å². The summed E-state index contributed by atoms with van der Waals surface area (Å²) in [5.41, 5.74) is 5.25. The Hall–Kier alpha value is -2.08. The predicted molar refractivity (Wildman–Crippen MR) is 94.3 cm³/mol. The molecule has 0 fully saturated rings. The van der Waals surface area contributed by atoms with E-state index in [2.05, 4.69) is 61.7 Å². The molecule has 21 heavy (non-hydrogen) atoms. The second kappa shape index (κ2) is 8.26. The summed E-state index contributed by atoms with van der Waals surface area (Å²) in [5, 5.41) is 0. The van der Waals surface area contributed by atoms with Gasteiger partial charge in [0.1, 0.15) is 0 Å². The lowest BCUT2D eigenvalue weighted by atomic mass is 10.0. The Kier molecular flexibility index (Phi) is 6.02. The fraction of sp³-hybridized carbons (Fsp3) is 0.238. The number of hydrogen-bond donors (Lipinski definition) is 0. The number of aryl methyl sites for hydroxylation is 2. The molecule has 0 heterocycles. The van der Waals surface area contributed by atoms with Crippen molar-refractivity contribution in [2.75, 3.05) is 0 Å². The molecule has 0 heteroatoms. The lowest BCUT2D eigenvalue weighted by Crippen LogP contribution is -1.89. The van der Waals surface area contributed by atoms with E-state index in [1.54, 1.807) is 0 Å². The summed E-state index contributed by atoms with van der Waals surface area (Å²) in [7, 11) is 0. The van der Waals surface area contributed by atoms with Crippen molar-refractivity contribution in [3.05, 3.63) is 83.9 Å². The van der Waals surface area contributed by atoms with E-state index in [0.29, 0.717) is 0 Å². The van der Waals surface area contributed by atoms with E-state index in [-0.39, 0.29) is 0 Å². The Bertz CT molecular complexity index is 504. The maximum Gasteiger partial charge on any atom is -0.0262 e. The number of benzene rings is 2. The van der Waals surface area contributed by atoms with Gasteiger partial charge in [-0.2, -0.15) is 0 Å². The van der Waals surface area contributed by atoms with E-state index in [0.717, 1.165) is 0 Å². The predicted octanol–water partition coefficient (Wildman–Crippen LogP) is 5.93. The molecule has 0 spiro atoms. The van der Waals surface area contributed by atoms with Crippen molar-refractivity contribution in [1.82, 2.24) is 0 Å². The van der Waals surface area contributed by atoms with Crippen LogP contribution in [-0.2, 0) is 12.8 Å². The Morgan fingerprint density at radius 1 is 0.571 bits per heavy atom. The van der Waals surface area contributed by atoms with E-state index < -0.39 is 0 Å². The first-order valence-corrected chi connectivity index (χ1v) is 7.74. The maximum absolute atomic E-state index is 3.78. The first-order chi connectivity index (χ1) is 10.3. The molecule has 0 aromatic heterocycles. The van der Waals surface area contributed by atoms with Gasteiger partial charge in [0.2, 0.25) is 0 Å². The smallest absolute Gasteiger partial charge is 0.0262 e. The van der Waals surface area contributed by atoms with Gasteiger partial charge < -0.3 is 0 Å². The normalized spacial score (nSPS) is 10.3. The first kappa shape index (κ1) is 15.3. The van der Waals surface area contributed by atoms with Gasteiger partial charge in [-0.15, -0.1) is 0 Å². The quantitative estimate of drug-likeness (QED) is 0.524. The number of rotatable bonds is 8. The summed E-state index contributed by atoms with van der Waals surface area (Å²) in [6.07, 6.45) is 9.94. The van der Waals surface area contributed by atoms with Gasteiger partial charge in [0.05, 0.1) is 0 Å². The van der Waals surface area contributed by atoms with Crippen LogP contribution in [0, 0.1) is 0 Å². The molecule has 0 bridgehead atoms. The molecule has 0 saturated heterocycles. The summed E-state index contributed by atoms with van der Waals surface area (Å²) < 4.78 is 0. The van der Waals surface area contributed by atoms with Crippen LogP contribution in [0.2, 0.25) is 0 Å². The zero-order chi connectivity index (χ0) is 14.9. The first-order valence-electron chi connectivity index (χ1n) is 7.74. The third-order valence-electron chi connectivity index (χ3n) is 3.86. The highest BCUT2D eigenvalue weighted by Gasteiger charge is 1.96. The minimum Gasteiger partial charge on any atom is -0.0985 e. The average molecular weight is 276 g/mol. The van der Waals surface area contributed by atoms with Gasteiger partial charge >= 0.3 is 0 Å². The molecule has 0 saturated carbocycles. The van der Waals surface area contributed by atoms with E-state index in [1.807, 2.05) is 12.2 Å². The Labute approximate surface area is 128 Å². The van der Waals surface area contributed by atoms with E-state index in [4.69, 9.17) is 0 Å². The van der Waals surface area contributed by atoms with Crippen molar-refractivity contribution in [3.8, 4) is 0 Å². The fourth-order valence-corrected chi connectivity index (χ4v) is 2.48. The van der Waals surface area contributed by atoms with E-state index in [1.165, 1.54) is 54.4 Å². The van der Waals surface area contributed by atoms with Gasteiger partial charge in [-0.3, -0.25) is 0 Å². The molecule has 0 radical (unpaired) electrons. The SMILES string of the molecule is C=Cc1ccc(CCCCCc2ccc(C=C)cc2)cc1. The van der Waals surface area contributed by atoms with Crippen molar-refractivity contribution in [1.29, 1.82) is 0 Å². The molecular weight excluding hydrogens is 252 g/mol. The molecule has 0 aliphatic heterocycles. The maximum atomic E-state index is 3.78. The minimum absolute atomic E-state index is 1.17. The zero-order valence-electron chi connectivity index (χ0n) is 12.7. The van der Waals surface area contributed by atoms with Crippen molar-refractivity contribution in [2.45, 2.75) is 32.1 Å². The summed E-state index contributed by atoms with van der Waals surface area (Å²) in [4.78, 5) is 0. The molecule has 0 N–H and O–H groups in total. The van der Waals surface area contributed by atoms with Gasteiger partial charge in [0.15, 0.2) is 0 Å². The third-order valence-corrected chi connectivity index (χ3v) is 3.86. The average Bonchev–Trinajstić information content (AvgIpc) is 2.55. The summed E-state index contributed by atoms with van der Waals surface area (Å²) in [5.74, 6) is 0. The van der Waals surface area contributed by atoms with Crippen LogP contribution < -0.4 is 0 Å². The van der Waals surface area contributed by atoms with Crippen LogP contribution in [0.5, 0.6) is 0 Å². The second-order valence-electron chi connectivity index (χ2n) is 5.45. The molecule has 2 aromatic carbocycles. The summed E-state index contributed by atoms with van der Waals surface area (Å²) >= 11 is 0. The lowest BCUT2D eigenvalue weighted by Gasteiger charge is -2.04. The summed E-state index contributed by atoms with van der Waals surface area (Å²) in [6.45, 7) is 7.56. The summed E-state index contributed by atoms with van der Waals surface area (Å²) in [6, 6.07) is 17.4. The monoisotopic (exact) mass is 276 g/mol. The topological polar surface area (TPSA) is 0 Å². The Morgan fingerprint density at radius 2 is 0.952 bits per heavy atom. The lowest BCUT2D eigenvalue weighted by molar-refractivity contribution is 0.678. The molecule has 2 aromatic rings. The van der Waals surface area contributed by atoms with E-state index >= 15 is 0 Å². The highest BCUT2D eigenvalue weighted by molar-refractivity contribution is 5.47. The Balaban J connectivity index is 1.66. The fourth-order valence-electron chi connectivity index (χ4n) is 2.48. The standard InChI is InChI=1S/C21H24/c1-3-18-10-14-20(15-11-18)8-6-5-7-9-21-16-12-19(4-2)13-17-21/h3-4,10-17H,1-2,5-9H2. The molecule has 0 nitrogen and oxygen atoms in total. The van der Waals surface area contributed by atoms with Gasteiger partial charge in [-0.25, -0.2) is 0 Å². The third kappa shape index (κ3) is 5.07.